The first-order valence-electron chi connectivity index (χ1n) is 1.50. The Hall–Kier alpha value is 0.597. The summed E-state index contributed by atoms with van der Waals surface area (Å²) in [6, 6.07) is 0. The van der Waals surface area contributed by atoms with Crippen molar-refractivity contribution in [2.75, 3.05) is 0 Å². The van der Waals surface area contributed by atoms with Gasteiger partial charge < -0.3 is 0 Å². The van der Waals surface area contributed by atoms with Gasteiger partial charge in [0.1, 0.15) is 0 Å². The molecule has 0 bridgehead atoms. The molecular weight excluding hydrogens is 55.0 g/mol. The van der Waals surface area contributed by atoms with Gasteiger partial charge in [-0.3, -0.25) is 0 Å². The third-order valence-electron chi connectivity index (χ3n) is 0. The SMILES string of the molecule is C[C](C)C.[LiH]. The van der Waals surface area contributed by atoms with Gasteiger partial charge in [0.2, 0.25) is 0 Å². The summed E-state index contributed by atoms with van der Waals surface area (Å²) in [6.07, 6.45) is 0. The first-order chi connectivity index (χ1) is 1.73. The van der Waals surface area contributed by atoms with Crippen molar-refractivity contribution in [3.05, 3.63) is 5.92 Å². The van der Waals surface area contributed by atoms with Crippen molar-refractivity contribution in [3.63, 3.8) is 0 Å². The van der Waals surface area contributed by atoms with Crippen LogP contribution in [-0.4, -0.2) is 18.9 Å². The van der Waals surface area contributed by atoms with Crippen LogP contribution < -0.4 is 0 Å². The molecule has 0 unspecified atom stereocenters. The molecule has 0 N–H and O–H groups in total. The molecule has 0 amide bonds. The zero-order chi connectivity index (χ0) is 3.58. The van der Waals surface area contributed by atoms with Crippen molar-refractivity contribution in [2.45, 2.75) is 20.8 Å². The monoisotopic (exact) mass is 65.1 g/mol. The van der Waals surface area contributed by atoms with Crippen LogP contribution in [0.1, 0.15) is 20.8 Å². The maximum absolute atomic E-state index is 2.08. The Morgan fingerprint density at radius 1 is 1.00 bits per heavy atom. The summed E-state index contributed by atoms with van der Waals surface area (Å²) in [5, 5.41) is 0. The van der Waals surface area contributed by atoms with Gasteiger partial charge in [-0.05, 0) is 5.92 Å². The average Bonchev–Trinajstić information content (AvgIpc) is 0.811. The number of hydrogen-bond donors (Lipinski definition) is 0. The van der Waals surface area contributed by atoms with Crippen LogP contribution in [0.25, 0.3) is 0 Å². The number of rotatable bonds is 0. The van der Waals surface area contributed by atoms with Gasteiger partial charge in [0.05, 0.1) is 0 Å². The standard InChI is InChI=1S/C4H9.Li.H/c1-4(2)3;;/h1-3H3;;. The predicted octanol–water partition coefficient (Wildman–Crippen LogP) is 0.972. The molecule has 5 heavy (non-hydrogen) atoms. The molecule has 0 heterocycles. The molecule has 0 saturated heterocycles. The average molecular weight is 65.1 g/mol. The van der Waals surface area contributed by atoms with E-state index in [1.807, 2.05) is 0 Å². The summed E-state index contributed by atoms with van der Waals surface area (Å²) < 4.78 is 0. The summed E-state index contributed by atoms with van der Waals surface area (Å²) >= 11 is 0. The summed E-state index contributed by atoms with van der Waals surface area (Å²) in [5.41, 5.74) is 0. The topological polar surface area (TPSA) is 0 Å². The van der Waals surface area contributed by atoms with Gasteiger partial charge in [0.25, 0.3) is 0 Å². The zero-order valence-corrected chi connectivity index (χ0v) is 3.50. The van der Waals surface area contributed by atoms with Gasteiger partial charge in [0.15, 0.2) is 0 Å². The van der Waals surface area contributed by atoms with Crippen molar-refractivity contribution in [3.8, 4) is 0 Å². The summed E-state index contributed by atoms with van der Waals surface area (Å²) in [5.74, 6) is 1.42. The van der Waals surface area contributed by atoms with Crippen LogP contribution >= 0.6 is 0 Å². The van der Waals surface area contributed by atoms with E-state index in [1.165, 1.54) is 5.92 Å². The molecule has 0 aromatic carbocycles. The molecule has 0 nitrogen and oxygen atoms in total. The summed E-state index contributed by atoms with van der Waals surface area (Å²) in [4.78, 5) is 0. The van der Waals surface area contributed by atoms with Gasteiger partial charge in [-0.15, -0.1) is 0 Å². The van der Waals surface area contributed by atoms with Crippen LogP contribution in [0.4, 0.5) is 0 Å². The van der Waals surface area contributed by atoms with Crippen molar-refractivity contribution in [1.82, 2.24) is 0 Å². The normalized spacial score (nSPS) is 7.20. The van der Waals surface area contributed by atoms with E-state index in [0.29, 0.717) is 0 Å². The number of hydrogen-bond acceptors (Lipinski definition) is 0. The fourth-order valence-electron chi connectivity index (χ4n) is 0. The Balaban J connectivity index is 0. The van der Waals surface area contributed by atoms with E-state index >= 15 is 0 Å². The van der Waals surface area contributed by atoms with Crippen LogP contribution in [0, 0.1) is 5.92 Å². The predicted molar refractivity (Wildman–Crippen MR) is 27.4 cm³/mol. The molecular formula is C4H10Li. The second-order valence-corrected chi connectivity index (χ2v) is 1.50. The Bertz CT molecular complexity index is 8.36. The molecule has 0 saturated carbocycles. The van der Waals surface area contributed by atoms with Crippen molar-refractivity contribution >= 4 is 18.9 Å². The van der Waals surface area contributed by atoms with Crippen LogP contribution in [0.5, 0.6) is 0 Å². The maximum atomic E-state index is 2.08. The van der Waals surface area contributed by atoms with E-state index < -0.39 is 0 Å². The minimum atomic E-state index is 0. The minimum absolute atomic E-state index is 0. The van der Waals surface area contributed by atoms with Crippen molar-refractivity contribution < 1.29 is 0 Å². The fourth-order valence-corrected chi connectivity index (χ4v) is 0. The van der Waals surface area contributed by atoms with Crippen LogP contribution in [-0.2, 0) is 0 Å². The van der Waals surface area contributed by atoms with E-state index in [0.717, 1.165) is 0 Å². The molecule has 0 spiro atoms. The Labute approximate surface area is 46.1 Å². The molecule has 27 valence electrons. The van der Waals surface area contributed by atoms with Crippen molar-refractivity contribution in [2.24, 2.45) is 0 Å². The van der Waals surface area contributed by atoms with E-state index in [4.69, 9.17) is 0 Å². The van der Waals surface area contributed by atoms with Gasteiger partial charge in [0, 0.05) is 0 Å². The molecule has 1 heteroatoms. The first kappa shape index (κ1) is 9.14. The fraction of sp³-hybridized carbons (Fsp3) is 0.750. The van der Waals surface area contributed by atoms with Gasteiger partial charge >= 0.3 is 18.9 Å². The Morgan fingerprint density at radius 3 is 1.00 bits per heavy atom. The summed E-state index contributed by atoms with van der Waals surface area (Å²) in [7, 11) is 0. The van der Waals surface area contributed by atoms with E-state index in [1.54, 1.807) is 0 Å². The van der Waals surface area contributed by atoms with Crippen LogP contribution in [0.3, 0.4) is 0 Å². The molecule has 0 aromatic heterocycles. The molecule has 0 fully saturated rings. The molecule has 0 aromatic rings. The van der Waals surface area contributed by atoms with E-state index in [-0.39, 0.29) is 18.9 Å². The molecule has 0 rings (SSSR count). The molecule has 0 atom stereocenters. The van der Waals surface area contributed by atoms with Crippen molar-refractivity contribution in [1.29, 1.82) is 0 Å². The van der Waals surface area contributed by atoms with Crippen LogP contribution in [0.2, 0.25) is 0 Å². The van der Waals surface area contributed by atoms with Crippen LogP contribution in [0.15, 0.2) is 0 Å². The quantitative estimate of drug-likeness (QED) is 0.369. The molecule has 0 aliphatic carbocycles. The van der Waals surface area contributed by atoms with Gasteiger partial charge in [-0.2, -0.15) is 0 Å². The third kappa shape index (κ3) is 86.9. The Morgan fingerprint density at radius 2 is 1.00 bits per heavy atom. The Kier molecular flexibility index (Phi) is 8.41. The third-order valence-corrected chi connectivity index (χ3v) is 0. The molecule has 0 aliphatic heterocycles. The first-order valence-corrected chi connectivity index (χ1v) is 1.50. The zero-order valence-electron chi connectivity index (χ0n) is 3.50. The van der Waals surface area contributed by atoms with E-state index in [2.05, 4.69) is 20.8 Å². The van der Waals surface area contributed by atoms with Gasteiger partial charge in [-0.25, -0.2) is 0 Å². The molecule has 1 radical (unpaired) electrons. The van der Waals surface area contributed by atoms with Gasteiger partial charge in [-0.1, -0.05) is 20.8 Å². The van der Waals surface area contributed by atoms with E-state index in [9.17, 15) is 0 Å². The second kappa shape index (κ2) is 4.60. The molecule has 0 aliphatic rings. The summed E-state index contributed by atoms with van der Waals surface area (Å²) in [6.45, 7) is 6.25. The second-order valence-electron chi connectivity index (χ2n) is 1.50.